The Morgan fingerprint density at radius 1 is 1.07 bits per heavy atom. The summed E-state index contributed by atoms with van der Waals surface area (Å²) in [5.74, 6) is -0.330. The predicted molar refractivity (Wildman–Crippen MR) is 118 cm³/mol. The summed E-state index contributed by atoms with van der Waals surface area (Å²) in [6.07, 6.45) is 5.71. The van der Waals surface area contributed by atoms with E-state index in [0.29, 0.717) is 37.2 Å². The van der Waals surface area contributed by atoms with Crippen LogP contribution in [-0.2, 0) is 19.4 Å². The summed E-state index contributed by atoms with van der Waals surface area (Å²) < 4.78 is 23.3. The van der Waals surface area contributed by atoms with Gasteiger partial charge in [-0.1, -0.05) is 30.3 Å². The Bertz CT molecular complexity index is 1050. The number of carbonyl (C=O) groups excluding carboxylic acids is 2. The van der Waals surface area contributed by atoms with Crippen molar-refractivity contribution >= 4 is 33.4 Å². The van der Waals surface area contributed by atoms with Gasteiger partial charge >= 0.3 is 0 Å². The fourth-order valence-corrected chi connectivity index (χ4v) is 4.15. The predicted octanol–water partition coefficient (Wildman–Crippen LogP) is 3.29. The summed E-state index contributed by atoms with van der Waals surface area (Å²) in [5, 5.41) is 2.90. The standard InChI is InChI=1S/C23H26N2O4S/c1-17-16-20(30(2,28)29)9-10-21(17)24-23(27)19-12-14-25(15-13-19)22(26)11-8-18-6-4-3-5-7-18/h3-11,16,19H,12-15H2,1-2H3,(H,24,27)/b11-8+. The zero-order valence-electron chi connectivity index (χ0n) is 17.2. The lowest BCUT2D eigenvalue weighted by Gasteiger charge is -2.30. The number of hydrogen-bond acceptors (Lipinski definition) is 4. The van der Waals surface area contributed by atoms with Gasteiger partial charge in [-0.05, 0) is 55.2 Å². The van der Waals surface area contributed by atoms with Gasteiger partial charge in [0.2, 0.25) is 11.8 Å². The highest BCUT2D eigenvalue weighted by molar-refractivity contribution is 7.90. The summed E-state index contributed by atoms with van der Waals surface area (Å²) >= 11 is 0. The van der Waals surface area contributed by atoms with Crippen LogP contribution in [0.4, 0.5) is 5.69 Å². The second-order valence-electron chi connectivity index (χ2n) is 7.58. The summed E-state index contributed by atoms with van der Waals surface area (Å²) in [5.41, 5.74) is 2.28. The molecule has 2 aromatic carbocycles. The van der Waals surface area contributed by atoms with Crippen molar-refractivity contribution in [2.24, 2.45) is 5.92 Å². The van der Waals surface area contributed by atoms with E-state index in [4.69, 9.17) is 0 Å². The van der Waals surface area contributed by atoms with Gasteiger partial charge in [-0.25, -0.2) is 8.42 Å². The quantitative estimate of drug-likeness (QED) is 0.744. The first kappa shape index (κ1) is 21.8. The van der Waals surface area contributed by atoms with Crippen LogP contribution in [0.3, 0.4) is 0 Å². The van der Waals surface area contributed by atoms with Gasteiger partial charge in [0.25, 0.3) is 0 Å². The Hall–Kier alpha value is -2.93. The number of aryl methyl sites for hydroxylation is 1. The van der Waals surface area contributed by atoms with E-state index in [1.54, 1.807) is 36.1 Å². The van der Waals surface area contributed by atoms with E-state index in [1.807, 2.05) is 30.3 Å². The van der Waals surface area contributed by atoms with E-state index in [-0.39, 0.29) is 22.6 Å². The summed E-state index contributed by atoms with van der Waals surface area (Å²) in [6, 6.07) is 14.3. The molecule has 1 aliphatic rings. The van der Waals surface area contributed by atoms with Crippen LogP contribution in [0.2, 0.25) is 0 Å². The number of benzene rings is 2. The van der Waals surface area contributed by atoms with Crippen LogP contribution in [0.5, 0.6) is 0 Å². The molecule has 0 saturated carbocycles. The third kappa shape index (κ3) is 5.57. The summed E-state index contributed by atoms with van der Waals surface area (Å²) in [6.45, 7) is 2.83. The summed E-state index contributed by atoms with van der Waals surface area (Å²) in [4.78, 5) is 27.0. The van der Waals surface area contributed by atoms with Gasteiger partial charge in [0.1, 0.15) is 0 Å². The molecule has 7 heteroatoms. The molecule has 0 spiro atoms. The number of nitrogens with one attached hydrogen (secondary N) is 1. The molecule has 30 heavy (non-hydrogen) atoms. The maximum absolute atomic E-state index is 12.6. The van der Waals surface area contributed by atoms with Crippen molar-refractivity contribution in [2.45, 2.75) is 24.7 Å². The second-order valence-corrected chi connectivity index (χ2v) is 9.60. The molecule has 6 nitrogen and oxygen atoms in total. The van der Waals surface area contributed by atoms with Crippen molar-refractivity contribution in [3.63, 3.8) is 0 Å². The molecule has 0 aliphatic carbocycles. The molecule has 1 fully saturated rings. The topological polar surface area (TPSA) is 83.6 Å². The maximum atomic E-state index is 12.6. The normalized spacial score (nSPS) is 15.3. The summed E-state index contributed by atoms with van der Waals surface area (Å²) in [7, 11) is -3.28. The van der Waals surface area contributed by atoms with Crippen LogP contribution in [0.1, 0.15) is 24.0 Å². The van der Waals surface area contributed by atoms with Gasteiger partial charge in [-0.15, -0.1) is 0 Å². The van der Waals surface area contributed by atoms with E-state index in [9.17, 15) is 18.0 Å². The van der Waals surface area contributed by atoms with Gasteiger partial charge in [-0.2, -0.15) is 0 Å². The molecule has 0 unspecified atom stereocenters. The van der Waals surface area contributed by atoms with Gasteiger partial charge in [-0.3, -0.25) is 9.59 Å². The number of rotatable bonds is 5. The lowest BCUT2D eigenvalue weighted by atomic mass is 9.95. The largest absolute Gasteiger partial charge is 0.339 e. The smallest absolute Gasteiger partial charge is 0.246 e. The minimum Gasteiger partial charge on any atom is -0.339 e. The van der Waals surface area contributed by atoms with E-state index in [0.717, 1.165) is 11.8 Å². The Morgan fingerprint density at radius 2 is 1.73 bits per heavy atom. The van der Waals surface area contributed by atoms with Gasteiger partial charge in [0.05, 0.1) is 4.90 Å². The molecule has 3 rings (SSSR count). The van der Waals surface area contributed by atoms with Gasteiger partial charge in [0, 0.05) is 37.0 Å². The van der Waals surface area contributed by atoms with Crippen molar-refractivity contribution in [1.82, 2.24) is 4.90 Å². The molecule has 0 bridgehead atoms. The first-order chi connectivity index (χ1) is 14.2. The minimum atomic E-state index is -3.28. The van der Waals surface area contributed by atoms with Crippen LogP contribution in [0.15, 0.2) is 59.5 Å². The number of nitrogens with zero attached hydrogens (tertiary/aromatic N) is 1. The first-order valence-electron chi connectivity index (χ1n) is 9.87. The highest BCUT2D eigenvalue weighted by atomic mass is 32.2. The Morgan fingerprint density at radius 3 is 2.33 bits per heavy atom. The number of hydrogen-bond donors (Lipinski definition) is 1. The molecule has 0 atom stereocenters. The molecule has 1 heterocycles. The van der Waals surface area contributed by atoms with Crippen LogP contribution < -0.4 is 5.32 Å². The fraction of sp³-hybridized carbons (Fsp3) is 0.304. The molecule has 0 radical (unpaired) electrons. The molecular weight excluding hydrogens is 400 g/mol. The first-order valence-corrected chi connectivity index (χ1v) is 11.8. The number of likely N-dealkylation sites (tertiary alicyclic amines) is 1. The average Bonchev–Trinajstić information content (AvgIpc) is 2.73. The molecule has 158 valence electrons. The fourth-order valence-electron chi connectivity index (χ4n) is 3.44. The number of piperidine rings is 1. The lowest BCUT2D eigenvalue weighted by Crippen LogP contribution is -2.40. The average molecular weight is 427 g/mol. The highest BCUT2D eigenvalue weighted by Gasteiger charge is 2.27. The second kappa shape index (κ2) is 9.26. The minimum absolute atomic E-state index is 0.0510. The van der Waals surface area contributed by atoms with Gasteiger partial charge < -0.3 is 10.2 Å². The monoisotopic (exact) mass is 426 g/mol. The van der Waals surface area contributed by atoms with E-state index >= 15 is 0 Å². The SMILES string of the molecule is Cc1cc(S(C)(=O)=O)ccc1NC(=O)C1CCN(C(=O)/C=C/c2ccccc2)CC1. The van der Waals surface area contributed by atoms with Crippen LogP contribution in [0, 0.1) is 12.8 Å². The molecule has 1 aliphatic heterocycles. The molecule has 1 saturated heterocycles. The number of carbonyl (C=O) groups is 2. The van der Waals surface area contributed by atoms with Crippen molar-refractivity contribution in [3.05, 3.63) is 65.7 Å². The Balaban J connectivity index is 1.54. The third-order valence-electron chi connectivity index (χ3n) is 5.28. The van der Waals surface area contributed by atoms with Gasteiger partial charge in [0.15, 0.2) is 9.84 Å². The van der Waals surface area contributed by atoms with E-state index in [1.165, 1.54) is 6.07 Å². The van der Waals surface area contributed by atoms with Crippen LogP contribution in [0.25, 0.3) is 6.08 Å². The Labute approximate surface area is 177 Å². The number of sulfone groups is 1. The number of amides is 2. The zero-order chi connectivity index (χ0) is 21.7. The third-order valence-corrected chi connectivity index (χ3v) is 6.39. The van der Waals surface area contributed by atoms with Crippen molar-refractivity contribution in [2.75, 3.05) is 24.7 Å². The lowest BCUT2D eigenvalue weighted by molar-refractivity contribution is -0.130. The number of anilines is 1. The van der Waals surface area contributed by atoms with E-state index in [2.05, 4.69) is 5.32 Å². The molecule has 2 amide bonds. The van der Waals surface area contributed by atoms with Crippen molar-refractivity contribution < 1.29 is 18.0 Å². The molecule has 1 N–H and O–H groups in total. The van der Waals surface area contributed by atoms with Crippen molar-refractivity contribution in [1.29, 1.82) is 0 Å². The molecule has 2 aromatic rings. The maximum Gasteiger partial charge on any atom is 0.246 e. The van der Waals surface area contributed by atoms with Crippen molar-refractivity contribution in [3.8, 4) is 0 Å². The van der Waals surface area contributed by atoms with E-state index < -0.39 is 9.84 Å². The highest BCUT2D eigenvalue weighted by Crippen LogP contribution is 2.23. The Kier molecular flexibility index (Phi) is 6.72. The van der Waals surface area contributed by atoms with Crippen LogP contribution >= 0.6 is 0 Å². The molecule has 0 aromatic heterocycles. The zero-order valence-corrected chi connectivity index (χ0v) is 18.0. The molecular formula is C23H26N2O4S. The van der Waals surface area contributed by atoms with Crippen LogP contribution in [-0.4, -0.2) is 44.5 Å².